The monoisotopic (exact) mass is 339 g/mol. The van der Waals surface area contributed by atoms with Crippen LogP contribution < -0.4 is 17.2 Å². The van der Waals surface area contributed by atoms with Gasteiger partial charge in [-0.25, -0.2) is 14.4 Å². The molecule has 0 atom stereocenters. The summed E-state index contributed by atoms with van der Waals surface area (Å²) in [4.78, 5) is 68.7. The van der Waals surface area contributed by atoms with Gasteiger partial charge in [0.2, 0.25) is 0 Å². The van der Waals surface area contributed by atoms with Gasteiger partial charge in [0.15, 0.2) is 0 Å². The fourth-order valence-electron chi connectivity index (χ4n) is 2.13. The maximum Gasteiger partial charge on any atom is 0.337 e. The van der Waals surface area contributed by atoms with Gasteiger partial charge in [-0.05, 0) is 0 Å². The Hall–Kier alpha value is -3.96. The van der Waals surface area contributed by atoms with Crippen LogP contribution in [0.5, 0.6) is 0 Å². The molecule has 0 aromatic heterocycles. The van der Waals surface area contributed by atoms with Crippen LogP contribution in [-0.4, -0.2) is 50.9 Å². The molecule has 24 heavy (non-hydrogen) atoms. The van der Waals surface area contributed by atoms with Gasteiger partial charge < -0.3 is 32.5 Å². The molecule has 3 amide bonds. The predicted molar refractivity (Wildman–Crippen MR) is 72.9 cm³/mol. The molecule has 0 unspecified atom stereocenters. The molecule has 12 heteroatoms. The largest absolute Gasteiger partial charge is 0.478 e. The van der Waals surface area contributed by atoms with E-state index in [1.54, 1.807) is 0 Å². The van der Waals surface area contributed by atoms with Crippen LogP contribution in [0.4, 0.5) is 0 Å². The first-order chi connectivity index (χ1) is 10.9. The van der Waals surface area contributed by atoms with Crippen LogP contribution in [0.3, 0.4) is 0 Å². The Morgan fingerprint density at radius 2 is 0.625 bits per heavy atom. The summed E-state index contributed by atoms with van der Waals surface area (Å²) < 4.78 is 0. The maximum atomic E-state index is 11.5. The van der Waals surface area contributed by atoms with Crippen molar-refractivity contribution in [3.63, 3.8) is 0 Å². The first-order valence-corrected chi connectivity index (χ1v) is 5.76. The van der Waals surface area contributed by atoms with Gasteiger partial charge in [0.25, 0.3) is 17.7 Å². The average molecular weight is 339 g/mol. The van der Waals surface area contributed by atoms with E-state index < -0.39 is 69.0 Å². The Balaban J connectivity index is 4.50. The number of hydrogen-bond acceptors (Lipinski definition) is 6. The molecule has 0 aliphatic rings. The van der Waals surface area contributed by atoms with Crippen molar-refractivity contribution < 1.29 is 44.1 Å². The summed E-state index contributed by atoms with van der Waals surface area (Å²) >= 11 is 0. The van der Waals surface area contributed by atoms with Crippen molar-refractivity contribution in [1.29, 1.82) is 0 Å². The summed E-state index contributed by atoms with van der Waals surface area (Å²) in [5.41, 5.74) is 6.93. The highest BCUT2D eigenvalue weighted by Gasteiger charge is 2.38. The molecule has 1 aromatic rings. The van der Waals surface area contributed by atoms with E-state index in [2.05, 4.69) is 0 Å². The van der Waals surface area contributed by atoms with Gasteiger partial charge >= 0.3 is 17.9 Å². The normalized spacial score (nSPS) is 10.0. The SMILES string of the molecule is NC(=O)c1c(C(=O)O)c(C(N)=O)c(C(=O)O)c(C(N)=O)c1C(=O)O. The van der Waals surface area contributed by atoms with E-state index in [-0.39, 0.29) is 0 Å². The molecule has 0 fully saturated rings. The summed E-state index contributed by atoms with van der Waals surface area (Å²) in [5.74, 6) is -11.1. The van der Waals surface area contributed by atoms with E-state index in [0.29, 0.717) is 0 Å². The maximum absolute atomic E-state index is 11.5. The summed E-state index contributed by atoms with van der Waals surface area (Å²) in [5, 5.41) is 27.5. The third kappa shape index (κ3) is 2.70. The first-order valence-electron chi connectivity index (χ1n) is 5.76. The number of carbonyl (C=O) groups is 6. The zero-order chi connectivity index (χ0) is 18.9. The van der Waals surface area contributed by atoms with Crippen LogP contribution in [0.2, 0.25) is 0 Å². The molecule has 0 spiro atoms. The zero-order valence-corrected chi connectivity index (χ0v) is 11.5. The number of nitrogens with two attached hydrogens (primary N) is 3. The molecule has 9 N–H and O–H groups in total. The Morgan fingerprint density at radius 1 is 0.458 bits per heavy atom. The number of benzene rings is 1. The van der Waals surface area contributed by atoms with Crippen LogP contribution >= 0.6 is 0 Å². The van der Waals surface area contributed by atoms with E-state index in [0.717, 1.165) is 0 Å². The van der Waals surface area contributed by atoms with Gasteiger partial charge in [0, 0.05) is 0 Å². The standard InChI is InChI=1S/C12H9N3O9/c13-7(16)1-4(10(19)20)2(8(14)17)6(12(23)24)3(9(15)18)5(1)11(21)22/h(H2,13,16)(H2,14,17)(H2,15,18)(H,19,20)(H,21,22)(H,23,24). The lowest BCUT2D eigenvalue weighted by atomic mass is 9.85. The minimum absolute atomic E-state index is 1.28. The highest BCUT2D eigenvalue weighted by Crippen LogP contribution is 2.29. The molecule has 0 bridgehead atoms. The lowest BCUT2D eigenvalue weighted by Gasteiger charge is -2.17. The van der Waals surface area contributed by atoms with Gasteiger partial charge in [-0.3, -0.25) is 14.4 Å². The number of carboxylic acids is 3. The van der Waals surface area contributed by atoms with Crippen molar-refractivity contribution in [2.24, 2.45) is 17.2 Å². The van der Waals surface area contributed by atoms with Crippen LogP contribution in [0, 0.1) is 0 Å². The summed E-state index contributed by atoms with van der Waals surface area (Å²) in [6.07, 6.45) is 0. The first kappa shape index (κ1) is 18.1. The Bertz CT molecular complexity index is 643. The lowest BCUT2D eigenvalue weighted by molar-refractivity contribution is 0.0673. The molecule has 126 valence electrons. The summed E-state index contributed by atoms with van der Waals surface area (Å²) in [6, 6.07) is 0. The predicted octanol–water partition coefficient (Wildman–Crippen LogP) is -1.92. The van der Waals surface area contributed by atoms with Gasteiger partial charge in [0.05, 0.1) is 33.4 Å². The average Bonchev–Trinajstić information content (AvgIpc) is 2.42. The number of carboxylic acid groups (broad SMARTS) is 3. The second-order valence-corrected chi connectivity index (χ2v) is 4.26. The topological polar surface area (TPSA) is 241 Å². The molecule has 0 aliphatic carbocycles. The number of rotatable bonds is 6. The van der Waals surface area contributed by atoms with Gasteiger partial charge in [0.1, 0.15) is 0 Å². The Labute approximate surface area is 131 Å². The van der Waals surface area contributed by atoms with Crippen molar-refractivity contribution in [3.05, 3.63) is 33.4 Å². The molecule has 0 saturated heterocycles. The minimum atomic E-state index is -2.06. The third-order valence-corrected chi connectivity index (χ3v) is 2.88. The number of aromatic carboxylic acids is 3. The highest BCUT2D eigenvalue weighted by atomic mass is 16.4. The highest BCUT2D eigenvalue weighted by molar-refractivity contribution is 6.24. The summed E-state index contributed by atoms with van der Waals surface area (Å²) in [7, 11) is 0. The second-order valence-electron chi connectivity index (χ2n) is 4.26. The molecule has 0 radical (unpaired) electrons. The van der Waals surface area contributed by atoms with Crippen molar-refractivity contribution >= 4 is 35.6 Å². The van der Waals surface area contributed by atoms with Crippen molar-refractivity contribution in [2.75, 3.05) is 0 Å². The van der Waals surface area contributed by atoms with Gasteiger partial charge in [-0.2, -0.15) is 0 Å². The van der Waals surface area contributed by atoms with Crippen molar-refractivity contribution in [2.45, 2.75) is 0 Å². The van der Waals surface area contributed by atoms with Crippen LogP contribution in [0.15, 0.2) is 0 Å². The smallest absolute Gasteiger partial charge is 0.337 e. The van der Waals surface area contributed by atoms with E-state index in [9.17, 15) is 28.8 Å². The zero-order valence-electron chi connectivity index (χ0n) is 11.5. The number of primary amides is 3. The number of amides is 3. The van der Waals surface area contributed by atoms with Crippen molar-refractivity contribution in [3.8, 4) is 0 Å². The van der Waals surface area contributed by atoms with Gasteiger partial charge in [-0.1, -0.05) is 0 Å². The second kappa shape index (κ2) is 6.04. The third-order valence-electron chi connectivity index (χ3n) is 2.88. The fraction of sp³-hybridized carbons (Fsp3) is 0. The Morgan fingerprint density at radius 3 is 0.708 bits per heavy atom. The molecule has 1 rings (SSSR count). The fourth-order valence-corrected chi connectivity index (χ4v) is 2.13. The van der Waals surface area contributed by atoms with Crippen molar-refractivity contribution in [1.82, 2.24) is 0 Å². The minimum Gasteiger partial charge on any atom is -0.478 e. The van der Waals surface area contributed by atoms with E-state index >= 15 is 0 Å². The molecule has 0 heterocycles. The molecule has 12 nitrogen and oxygen atoms in total. The molecule has 0 aliphatic heterocycles. The van der Waals surface area contributed by atoms with E-state index in [4.69, 9.17) is 32.5 Å². The van der Waals surface area contributed by atoms with E-state index in [1.807, 2.05) is 0 Å². The number of hydrogen-bond donors (Lipinski definition) is 6. The lowest BCUT2D eigenvalue weighted by Crippen LogP contribution is -2.33. The summed E-state index contributed by atoms with van der Waals surface area (Å²) in [6.45, 7) is 0. The van der Waals surface area contributed by atoms with E-state index in [1.165, 1.54) is 0 Å². The molecular formula is C12H9N3O9. The van der Waals surface area contributed by atoms with Crippen LogP contribution in [-0.2, 0) is 0 Å². The molecule has 1 aromatic carbocycles. The molecular weight excluding hydrogens is 330 g/mol. The van der Waals surface area contributed by atoms with Gasteiger partial charge in [-0.15, -0.1) is 0 Å². The Kier molecular flexibility index (Phi) is 4.55. The number of carbonyl (C=O) groups excluding carboxylic acids is 3. The quantitative estimate of drug-likeness (QED) is 0.337. The van der Waals surface area contributed by atoms with Crippen LogP contribution in [0.1, 0.15) is 62.1 Å². The molecule has 0 saturated carbocycles. The van der Waals surface area contributed by atoms with Crippen LogP contribution in [0.25, 0.3) is 0 Å².